The number of nitrogens with one attached hydrogen (secondary N) is 1. The average molecular weight is 173 g/mol. The van der Waals surface area contributed by atoms with E-state index in [-0.39, 0.29) is 6.04 Å². The summed E-state index contributed by atoms with van der Waals surface area (Å²) < 4.78 is 0. The highest BCUT2D eigenvalue weighted by Crippen LogP contribution is 2.25. The van der Waals surface area contributed by atoms with Crippen LogP contribution in [0.2, 0.25) is 0 Å². The Morgan fingerprint density at radius 1 is 1.46 bits per heavy atom. The third-order valence-corrected chi connectivity index (χ3v) is 2.42. The number of rotatable bonds is 0. The Kier molecular flexibility index (Phi) is 1.91. The summed E-state index contributed by atoms with van der Waals surface area (Å²) in [5.74, 6) is 2.00. The van der Waals surface area contributed by atoms with Crippen LogP contribution in [0.5, 0.6) is 0 Å². The van der Waals surface area contributed by atoms with E-state index in [4.69, 9.17) is 0 Å². The molecule has 0 saturated carbocycles. The molecule has 0 aliphatic carbocycles. The lowest BCUT2D eigenvalue weighted by Crippen LogP contribution is -2.25. The van der Waals surface area contributed by atoms with E-state index in [1.807, 2.05) is 37.1 Å². The van der Waals surface area contributed by atoms with Crippen LogP contribution in [-0.4, -0.2) is 12.0 Å². The van der Waals surface area contributed by atoms with Gasteiger partial charge < -0.3 is 5.32 Å². The van der Waals surface area contributed by atoms with Crippen LogP contribution in [0.4, 0.5) is 5.69 Å². The highest BCUT2D eigenvalue weighted by molar-refractivity contribution is 5.65. The Morgan fingerprint density at radius 3 is 3.00 bits per heavy atom. The number of benzene rings is 1. The van der Waals surface area contributed by atoms with Crippen LogP contribution in [0.25, 0.3) is 0 Å². The third kappa shape index (κ3) is 1.36. The number of carbonyl (C=O) groups excluding carboxylic acids is 1. The van der Waals surface area contributed by atoms with Crippen LogP contribution < -0.4 is 5.32 Å². The highest BCUT2D eigenvalue weighted by Gasteiger charge is 2.18. The van der Waals surface area contributed by atoms with Crippen molar-refractivity contribution < 1.29 is 4.79 Å². The number of para-hydroxylation sites is 1. The molecule has 2 nitrogen and oxygen atoms in total. The van der Waals surface area contributed by atoms with Crippen LogP contribution in [-0.2, 0) is 11.2 Å². The van der Waals surface area contributed by atoms with Crippen LogP contribution in [0.1, 0.15) is 12.5 Å². The zero-order chi connectivity index (χ0) is 9.26. The van der Waals surface area contributed by atoms with E-state index < -0.39 is 0 Å². The first-order chi connectivity index (χ1) is 6.31. The minimum absolute atomic E-state index is 0.118. The van der Waals surface area contributed by atoms with Gasteiger partial charge in [-0.05, 0) is 18.6 Å². The molecule has 1 aromatic rings. The molecule has 1 unspecified atom stereocenters. The second-order valence-electron chi connectivity index (χ2n) is 3.33. The van der Waals surface area contributed by atoms with Crippen molar-refractivity contribution in [1.82, 2.24) is 0 Å². The van der Waals surface area contributed by atoms with Gasteiger partial charge in [-0.3, -0.25) is 0 Å². The molecule has 13 heavy (non-hydrogen) atoms. The zero-order valence-corrected chi connectivity index (χ0v) is 7.50. The molecular weight excluding hydrogens is 162 g/mol. The lowest BCUT2D eigenvalue weighted by atomic mass is 9.95. The fourth-order valence-corrected chi connectivity index (χ4v) is 1.62. The number of fused-ring (bicyclic) bond motifs is 1. The van der Waals surface area contributed by atoms with Crippen molar-refractivity contribution in [2.75, 3.05) is 5.32 Å². The van der Waals surface area contributed by atoms with Gasteiger partial charge in [0.15, 0.2) is 0 Å². The van der Waals surface area contributed by atoms with Crippen molar-refractivity contribution in [3.05, 3.63) is 35.4 Å². The molecule has 2 rings (SSSR count). The van der Waals surface area contributed by atoms with Crippen molar-refractivity contribution in [2.24, 2.45) is 0 Å². The van der Waals surface area contributed by atoms with Gasteiger partial charge in [0.25, 0.3) is 0 Å². The molecule has 1 aromatic carbocycles. The summed E-state index contributed by atoms with van der Waals surface area (Å²) >= 11 is 0. The van der Waals surface area contributed by atoms with E-state index >= 15 is 0 Å². The van der Waals surface area contributed by atoms with Crippen LogP contribution in [0.15, 0.2) is 29.8 Å². The Hall–Kier alpha value is -1.53. The van der Waals surface area contributed by atoms with Crippen molar-refractivity contribution in [3.63, 3.8) is 0 Å². The number of hydrogen-bond acceptors (Lipinski definition) is 2. The summed E-state index contributed by atoms with van der Waals surface area (Å²) in [5.41, 5.74) is 3.12. The molecule has 0 amide bonds. The highest BCUT2D eigenvalue weighted by atomic mass is 16.1. The maximum Gasteiger partial charge on any atom is 0.126 e. The second-order valence-corrected chi connectivity index (χ2v) is 3.33. The fraction of sp³-hybridized carbons (Fsp3) is 0.273. The fourth-order valence-electron chi connectivity index (χ4n) is 1.62. The van der Waals surface area contributed by atoms with Crippen molar-refractivity contribution in [3.8, 4) is 0 Å². The lowest BCUT2D eigenvalue weighted by Gasteiger charge is -2.24. The average Bonchev–Trinajstić information content (AvgIpc) is 2.17. The summed E-state index contributed by atoms with van der Waals surface area (Å²) in [7, 11) is 0. The Labute approximate surface area is 77.3 Å². The molecule has 1 atom stereocenters. The van der Waals surface area contributed by atoms with Gasteiger partial charge in [0.2, 0.25) is 0 Å². The molecule has 0 bridgehead atoms. The molecule has 1 N–H and O–H groups in total. The third-order valence-electron chi connectivity index (χ3n) is 2.42. The maximum absolute atomic E-state index is 10.6. The molecule has 0 saturated heterocycles. The van der Waals surface area contributed by atoms with Crippen molar-refractivity contribution in [1.29, 1.82) is 0 Å². The predicted molar refractivity (Wildman–Crippen MR) is 52.4 cm³/mol. The predicted octanol–water partition coefficient (Wildman–Crippen LogP) is 1.80. The summed E-state index contributed by atoms with van der Waals surface area (Å²) in [5, 5.41) is 3.26. The molecule has 0 fully saturated rings. The van der Waals surface area contributed by atoms with Gasteiger partial charge in [-0.2, -0.15) is 0 Å². The summed E-state index contributed by atoms with van der Waals surface area (Å²) in [4.78, 5) is 10.6. The van der Waals surface area contributed by atoms with E-state index in [1.165, 1.54) is 5.56 Å². The van der Waals surface area contributed by atoms with Crippen LogP contribution in [0.3, 0.4) is 0 Å². The molecular formula is C11H11NO. The van der Waals surface area contributed by atoms with E-state index in [2.05, 4.69) is 5.32 Å². The van der Waals surface area contributed by atoms with Gasteiger partial charge in [-0.1, -0.05) is 18.2 Å². The van der Waals surface area contributed by atoms with Crippen LogP contribution >= 0.6 is 0 Å². The largest absolute Gasteiger partial charge is 0.378 e. The van der Waals surface area contributed by atoms with Crippen molar-refractivity contribution >= 4 is 11.6 Å². The summed E-state index contributed by atoms with van der Waals surface area (Å²) in [6.07, 6.45) is 0.730. The molecule has 1 aliphatic heterocycles. The van der Waals surface area contributed by atoms with Crippen LogP contribution in [0, 0.1) is 0 Å². The van der Waals surface area contributed by atoms with E-state index in [0.29, 0.717) is 0 Å². The van der Waals surface area contributed by atoms with Crippen molar-refractivity contribution in [2.45, 2.75) is 19.4 Å². The standard InChI is InChI=1S/C11H11NO/c1-8-10(7-13)6-9-4-2-3-5-11(9)12-8/h2-5,8,12H,6H2,1H3. The Bertz CT molecular complexity index is 377. The number of anilines is 1. The lowest BCUT2D eigenvalue weighted by molar-refractivity contribution is 0.564. The maximum atomic E-state index is 10.6. The van der Waals surface area contributed by atoms with Gasteiger partial charge in [-0.25, -0.2) is 4.79 Å². The minimum Gasteiger partial charge on any atom is -0.378 e. The van der Waals surface area contributed by atoms with Gasteiger partial charge in [0.05, 0.1) is 6.04 Å². The second kappa shape index (κ2) is 3.08. The summed E-state index contributed by atoms with van der Waals surface area (Å²) in [6.45, 7) is 1.98. The summed E-state index contributed by atoms with van der Waals surface area (Å²) in [6, 6.07) is 8.17. The van der Waals surface area contributed by atoms with Gasteiger partial charge in [0, 0.05) is 17.7 Å². The minimum atomic E-state index is 0.118. The molecule has 0 spiro atoms. The normalized spacial score (nSPS) is 20.1. The quantitative estimate of drug-likeness (QED) is 0.606. The molecule has 0 radical (unpaired) electrons. The van der Waals surface area contributed by atoms with Gasteiger partial charge >= 0.3 is 0 Å². The monoisotopic (exact) mass is 173 g/mol. The smallest absolute Gasteiger partial charge is 0.126 e. The van der Waals surface area contributed by atoms with E-state index in [0.717, 1.165) is 17.7 Å². The first kappa shape index (κ1) is 8.09. The molecule has 66 valence electrons. The van der Waals surface area contributed by atoms with Gasteiger partial charge in [0.1, 0.15) is 5.94 Å². The number of hydrogen-bond donors (Lipinski definition) is 1. The van der Waals surface area contributed by atoms with E-state index in [9.17, 15) is 4.79 Å². The topological polar surface area (TPSA) is 29.1 Å². The first-order valence-electron chi connectivity index (χ1n) is 4.39. The first-order valence-corrected chi connectivity index (χ1v) is 4.39. The Morgan fingerprint density at radius 2 is 2.23 bits per heavy atom. The molecule has 0 aromatic heterocycles. The zero-order valence-electron chi connectivity index (χ0n) is 7.50. The molecule has 1 heterocycles. The van der Waals surface area contributed by atoms with Gasteiger partial charge in [-0.15, -0.1) is 0 Å². The molecule has 1 aliphatic rings. The SMILES string of the molecule is CC1Nc2ccccc2CC1=C=O. The Balaban J connectivity index is 2.44. The molecule has 2 heteroatoms. The van der Waals surface area contributed by atoms with E-state index in [1.54, 1.807) is 0 Å².